The molecule has 0 bridgehead atoms. The van der Waals surface area contributed by atoms with E-state index in [9.17, 15) is 4.79 Å². The van der Waals surface area contributed by atoms with E-state index in [0.717, 1.165) is 6.42 Å². The van der Waals surface area contributed by atoms with Crippen molar-refractivity contribution in [3.8, 4) is 0 Å². The lowest BCUT2D eigenvalue weighted by atomic mass is 10.2. The van der Waals surface area contributed by atoms with Gasteiger partial charge in [-0.15, -0.1) is 11.3 Å². The number of nitrogens with zero attached hydrogens (tertiary/aromatic N) is 1. The Morgan fingerprint density at radius 3 is 2.93 bits per heavy atom. The van der Waals surface area contributed by atoms with Crippen LogP contribution in [-0.4, -0.2) is 29.6 Å². The van der Waals surface area contributed by atoms with Crippen LogP contribution in [0.25, 0.3) is 0 Å². The van der Waals surface area contributed by atoms with Gasteiger partial charge in [0.15, 0.2) is 0 Å². The zero-order valence-electron chi connectivity index (χ0n) is 8.98. The molecule has 0 atom stereocenters. The molecule has 0 radical (unpaired) electrons. The van der Waals surface area contributed by atoms with Crippen LogP contribution in [0.15, 0.2) is 17.5 Å². The number of hydrogen-bond acceptors (Lipinski definition) is 3. The minimum atomic E-state index is 0.150. The van der Waals surface area contributed by atoms with E-state index >= 15 is 0 Å². The third kappa shape index (κ3) is 4.44. The average Bonchev–Trinajstić information content (AvgIpc) is 2.70. The Kier molecular flexibility index (Phi) is 5.36. The number of amides is 1. The molecular weight excluding hydrogens is 210 g/mol. The topological polar surface area (TPSA) is 40.5 Å². The summed E-state index contributed by atoms with van der Waals surface area (Å²) in [7, 11) is 1.82. The highest BCUT2D eigenvalue weighted by Gasteiger charge is 2.08. The maximum Gasteiger partial charge on any atom is 0.222 e. The molecule has 15 heavy (non-hydrogen) atoms. The molecule has 3 nitrogen and oxygen atoms in total. The molecule has 84 valence electrons. The summed E-state index contributed by atoms with van der Waals surface area (Å²) in [5, 5.41) is 10.6. The lowest BCUT2D eigenvalue weighted by Gasteiger charge is -2.15. The van der Waals surface area contributed by atoms with E-state index in [1.54, 1.807) is 16.2 Å². The van der Waals surface area contributed by atoms with Gasteiger partial charge in [-0.1, -0.05) is 6.07 Å². The second-order valence-electron chi connectivity index (χ2n) is 3.51. The monoisotopic (exact) mass is 227 g/mol. The molecule has 0 aromatic carbocycles. The first-order valence-electron chi connectivity index (χ1n) is 5.11. The Morgan fingerprint density at radius 1 is 1.53 bits per heavy atom. The Labute approximate surface area is 94.3 Å². The van der Waals surface area contributed by atoms with Gasteiger partial charge in [-0.05, 0) is 24.3 Å². The van der Waals surface area contributed by atoms with Gasteiger partial charge in [-0.2, -0.15) is 0 Å². The number of rotatable bonds is 6. The van der Waals surface area contributed by atoms with Gasteiger partial charge in [-0.3, -0.25) is 4.79 Å². The van der Waals surface area contributed by atoms with Crippen LogP contribution in [0.3, 0.4) is 0 Å². The number of carbonyl (C=O) groups excluding carboxylic acids is 1. The van der Waals surface area contributed by atoms with Crippen molar-refractivity contribution in [1.29, 1.82) is 0 Å². The zero-order valence-corrected chi connectivity index (χ0v) is 9.80. The van der Waals surface area contributed by atoms with E-state index < -0.39 is 0 Å². The summed E-state index contributed by atoms with van der Waals surface area (Å²) < 4.78 is 0. The fraction of sp³-hybridized carbons (Fsp3) is 0.545. The van der Waals surface area contributed by atoms with Crippen LogP contribution in [0.4, 0.5) is 0 Å². The first-order valence-corrected chi connectivity index (χ1v) is 5.99. The highest BCUT2D eigenvalue weighted by molar-refractivity contribution is 7.09. The SMILES string of the molecule is CN(Cc1cccs1)C(=O)CCCCO. The molecule has 0 aliphatic rings. The van der Waals surface area contributed by atoms with E-state index in [1.165, 1.54) is 4.88 Å². The molecule has 1 aromatic rings. The molecule has 1 aromatic heterocycles. The van der Waals surface area contributed by atoms with Gasteiger partial charge in [-0.25, -0.2) is 0 Å². The largest absolute Gasteiger partial charge is 0.396 e. The molecule has 0 aliphatic heterocycles. The lowest BCUT2D eigenvalue weighted by molar-refractivity contribution is -0.130. The molecule has 0 saturated heterocycles. The smallest absolute Gasteiger partial charge is 0.222 e. The van der Waals surface area contributed by atoms with E-state index in [1.807, 2.05) is 24.6 Å². The lowest BCUT2D eigenvalue weighted by Crippen LogP contribution is -2.25. The molecule has 0 fully saturated rings. The van der Waals surface area contributed by atoms with Crippen molar-refractivity contribution in [2.24, 2.45) is 0 Å². The van der Waals surface area contributed by atoms with Gasteiger partial charge in [0.1, 0.15) is 0 Å². The molecule has 1 N–H and O–H groups in total. The molecule has 0 spiro atoms. The van der Waals surface area contributed by atoms with E-state index in [2.05, 4.69) is 0 Å². The molecule has 0 unspecified atom stereocenters. The van der Waals surface area contributed by atoms with Crippen LogP contribution in [-0.2, 0) is 11.3 Å². The van der Waals surface area contributed by atoms with Crippen molar-refractivity contribution < 1.29 is 9.90 Å². The molecule has 4 heteroatoms. The number of aliphatic hydroxyl groups is 1. The fourth-order valence-corrected chi connectivity index (χ4v) is 2.06. The van der Waals surface area contributed by atoms with Crippen LogP contribution < -0.4 is 0 Å². The summed E-state index contributed by atoms with van der Waals surface area (Å²) in [6.45, 7) is 0.859. The number of unbranched alkanes of at least 4 members (excludes halogenated alkanes) is 1. The number of thiophene rings is 1. The number of hydrogen-bond donors (Lipinski definition) is 1. The summed E-state index contributed by atoms with van der Waals surface area (Å²) in [4.78, 5) is 14.5. The number of aliphatic hydroxyl groups excluding tert-OH is 1. The third-order valence-corrected chi connectivity index (χ3v) is 3.06. The maximum atomic E-state index is 11.6. The Morgan fingerprint density at radius 2 is 2.33 bits per heavy atom. The van der Waals surface area contributed by atoms with Gasteiger partial charge >= 0.3 is 0 Å². The second kappa shape index (κ2) is 6.58. The van der Waals surface area contributed by atoms with Crippen molar-refractivity contribution in [2.75, 3.05) is 13.7 Å². The summed E-state index contributed by atoms with van der Waals surface area (Å²) in [5.41, 5.74) is 0. The normalized spacial score (nSPS) is 10.3. The molecular formula is C11H17NO2S. The average molecular weight is 227 g/mol. The van der Waals surface area contributed by atoms with Crippen LogP contribution in [0.2, 0.25) is 0 Å². The minimum absolute atomic E-state index is 0.150. The first kappa shape index (κ1) is 12.2. The van der Waals surface area contributed by atoms with Crippen molar-refractivity contribution in [3.05, 3.63) is 22.4 Å². The highest BCUT2D eigenvalue weighted by Crippen LogP contribution is 2.11. The summed E-state index contributed by atoms with van der Waals surface area (Å²) >= 11 is 1.66. The van der Waals surface area contributed by atoms with E-state index in [-0.39, 0.29) is 12.5 Å². The van der Waals surface area contributed by atoms with Gasteiger partial charge in [0.2, 0.25) is 5.91 Å². The van der Waals surface area contributed by atoms with Crippen molar-refractivity contribution in [1.82, 2.24) is 4.90 Å². The third-order valence-electron chi connectivity index (χ3n) is 2.20. The Balaban J connectivity index is 2.27. The van der Waals surface area contributed by atoms with Gasteiger partial charge < -0.3 is 10.0 Å². The van der Waals surface area contributed by atoms with Gasteiger partial charge in [0.25, 0.3) is 0 Å². The van der Waals surface area contributed by atoms with Crippen LogP contribution >= 0.6 is 11.3 Å². The minimum Gasteiger partial charge on any atom is -0.396 e. The predicted molar refractivity (Wildman–Crippen MR) is 61.7 cm³/mol. The van der Waals surface area contributed by atoms with E-state index in [4.69, 9.17) is 5.11 Å². The Bertz CT molecular complexity index is 285. The van der Waals surface area contributed by atoms with Crippen molar-refractivity contribution in [2.45, 2.75) is 25.8 Å². The molecule has 1 heterocycles. The van der Waals surface area contributed by atoms with Crippen LogP contribution in [0, 0.1) is 0 Å². The number of carbonyl (C=O) groups is 1. The Hall–Kier alpha value is -0.870. The van der Waals surface area contributed by atoms with E-state index in [0.29, 0.717) is 19.4 Å². The van der Waals surface area contributed by atoms with Gasteiger partial charge in [0, 0.05) is 25.0 Å². The van der Waals surface area contributed by atoms with Gasteiger partial charge in [0.05, 0.1) is 6.54 Å². The maximum absolute atomic E-state index is 11.6. The van der Waals surface area contributed by atoms with Crippen molar-refractivity contribution in [3.63, 3.8) is 0 Å². The molecule has 0 aliphatic carbocycles. The second-order valence-corrected chi connectivity index (χ2v) is 4.54. The molecule has 1 rings (SSSR count). The quantitative estimate of drug-likeness (QED) is 0.754. The van der Waals surface area contributed by atoms with Crippen LogP contribution in [0.5, 0.6) is 0 Å². The summed E-state index contributed by atoms with van der Waals surface area (Å²) in [5.74, 6) is 0.150. The molecule has 0 saturated carbocycles. The predicted octanol–water partition coefficient (Wildman–Crippen LogP) is 1.87. The van der Waals surface area contributed by atoms with Crippen LogP contribution in [0.1, 0.15) is 24.1 Å². The highest BCUT2D eigenvalue weighted by atomic mass is 32.1. The summed E-state index contributed by atoms with van der Waals surface area (Å²) in [6.07, 6.45) is 2.01. The zero-order chi connectivity index (χ0) is 11.1. The summed E-state index contributed by atoms with van der Waals surface area (Å²) in [6, 6.07) is 4.02. The standard InChI is InChI=1S/C11H17NO2S/c1-12(9-10-5-4-8-15-10)11(14)6-2-3-7-13/h4-5,8,13H,2-3,6-7,9H2,1H3. The van der Waals surface area contributed by atoms with Crippen molar-refractivity contribution >= 4 is 17.2 Å². The fourth-order valence-electron chi connectivity index (χ4n) is 1.30. The first-order chi connectivity index (χ1) is 7.24. The molecule has 1 amide bonds.